The maximum atomic E-state index is 11.5. The molecule has 0 bridgehead atoms. The van der Waals surface area contributed by atoms with Crippen molar-refractivity contribution in [1.29, 1.82) is 0 Å². The number of unbranched alkanes of at least 4 members (excludes halogenated alkanes) is 4. The SMILES string of the molecule is C=C(C)C(=O)NCC(CCCC)CCCCCC. The number of carbonyl (C=O) groups is 1. The molecule has 0 aromatic heterocycles. The van der Waals surface area contributed by atoms with Gasteiger partial charge in [-0.1, -0.05) is 59.0 Å². The molecule has 0 saturated carbocycles. The van der Waals surface area contributed by atoms with Crippen LogP contribution in [0.25, 0.3) is 0 Å². The Morgan fingerprint density at radius 2 is 1.67 bits per heavy atom. The molecular weight excluding hydrogens is 222 g/mol. The molecule has 0 aliphatic heterocycles. The van der Waals surface area contributed by atoms with E-state index in [2.05, 4.69) is 25.7 Å². The molecule has 106 valence electrons. The molecular formula is C16H31NO. The van der Waals surface area contributed by atoms with Crippen molar-refractivity contribution in [1.82, 2.24) is 5.32 Å². The normalized spacial score (nSPS) is 12.2. The second-order valence-electron chi connectivity index (χ2n) is 5.35. The average molecular weight is 253 g/mol. The van der Waals surface area contributed by atoms with E-state index in [0.29, 0.717) is 11.5 Å². The molecule has 1 amide bonds. The second kappa shape index (κ2) is 11.3. The van der Waals surface area contributed by atoms with Crippen molar-refractivity contribution in [3.63, 3.8) is 0 Å². The van der Waals surface area contributed by atoms with Gasteiger partial charge in [0.2, 0.25) is 5.91 Å². The number of hydrogen-bond acceptors (Lipinski definition) is 1. The Balaban J connectivity index is 3.90. The zero-order valence-electron chi connectivity index (χ0n) is 12.6. The van der Waals surface area contributed by atoms with Gasteiger partial charge in [0, 0.05) is 12.1 Å². The van der Waals surface area contributed by atoms with E-state index in [1.165, 1.54) is 51.4 Å². The van der Waals surface area contributed by atoms with E-state index >= 15 is 0 Å². The van der Waals surface area contributed by atoms with Crippen LogP contribution in [0.15, 0.2) is 12.2 Å². The van der Waals surface area contributed by atoms with Crippen molar-refractivity contribution in [3.05, 3.63) is 12.2 Å². The number of rotatable bonds is 11. The zero-order valence-corrected chi connectivity index (χ0v) is 12.6. The van der Waals surface area contributed by atoms with Gasteiger partial charge in [0.25, 0.3) is 0 Å². The maximum absolute atomic E-state index is 11.5. The van der Waals surface area contributed by atoms with Crippen LogP contribution in [-0.2, 0) is 4.79 Å². The van der Waals surface area contributed by atoms with Crippen LogP contribution < -0.4 is 5.32 Å². The molecule has 0 aromatic rings. The lowest BCUT2D eigenvalue weighted by Crippen LogP contribution is -2.29. The van der Waals surface area contributed by atoms with Crippen LogP contribution in [0.3, 0.4) is 0 Å². The molecule has 1 atom stereocenters. The summed E-state index contributed by atoms with van der Waals surface area (Å²) in [6, 6.07) is 0. The molecule has 0 saturated heterocycles. The van der Waals surface area contributed by atoms with Gasteiger partial charge in [0.1, 0.15) is 0 Å². The van der Waals surface area contributed by atoms with Gasteiger partial charge in [-0.15, -0.1) is 0 Å². The molecule has 1 N–H and O–H groups in total. The van der Waals surface area contributed by atoms with E-state index in [9.17, 15) is 4.79 Å². The minimum Gasteiger partial charge on any atom is -0.352 e. The molecule has 2 nitrogen and oxygen atoms in total. The summed E-state index contributed by atoms with van der Waals surface area (Å²) in [6.45, 7) is 10.7. The lowest BCUT2D eigenvalue weighted by atomic mass is 9.95. The number of nitrogens with one attached hydrogen (secondary N) is 1. The van der Waals surface area contributed by atoms with Gasteiger partial charge < -0.3 is 5.32 Å². The van der Waals surface area contributed by atoms with Crippen LogP contribution in [0.2, 0.25) is 0 Å². The quantitative estimate of drug-likeness (QED) is 0.427. The summed E-state index contributed by atoms with van der Waals surface area (Å²) in [5.74, 6) is 0.648. The summed E-state index contributed by atoms with van der Waals surface area (Å²) in [4.78, 5) is 11.5. The van der Waals surface area contributed by atoms with E-state index in [1.807, 2.05) is 0 Å². The van der Waals surface area contributed by atoms with Crippen molar-refractivity contribution in [2.75, 3.05) is 6.54 Å². The van der Waals surface area contributed by atoms with E-state index in [-0.39, 0.29) is 5.91 Å². The fourth-order valence-electron chi connectivity index (χ4n) is 2.09. The van der Waals surface area contributed by atoms with Gasteiger partial charge >= 0.3 is 0 Å². The van der Waals surface area contributed by atoms with Gasteiger partial charge in [-0.05, 0) is 25.7 Å². The largest absolute Gasteiger partial charge is 0.352 e. The number of amides is 1. The van der Waals surface area contributed by atoms with Crippen LogP contribution in [0.4, 0.5) is 0 Å². The van der Waals surface area contributed by atoms with Crippen molar-refractivity contribution in [3.8, 4) is 0 Å². The van der Waals surface area contributed by atoms with Crippen LogP contribution >= 0.6 is 0 Å². The summed E-state index contributed by atoms with van der Waals surface area (Å²) in [5.41, 5.74) is 0.607. The highest BCUT2D eigenvalue weighted by atomic mass is 16.1. The first kappa shape index (κ1) is 17.2. The monoisotopic (exact) mass is 253 g/mol. The third-order valence-electron chi connectivity index (χ3n) is 3.37. The summed E-state index contributed by atoms with van der Waals surface area (Å²) in [6.07, 6.45) is 10.2. The fourth-order valence-corrected chi connectivity index (χ4v) is 2.09. The van der Waals surface area contributed by atoms with Gasteiger partial charge in [-0.3, -0.25) is 4.79 Å². The molecule has 0 radical (unpaired) electrons. The number of carbonyl (C=O) groups excluding carboxylic acids is 1. The third kappa shape index (κ3) is 9.26. The molecule has 0 fully saturated rings. The van der Waals surface area contributed by atoms with Crippen LogP contribution in [-0.4, -0.2) is 12.5 Å². The van der Waals surface area contributed by atoms with Crippen molar-refractivity contribution in [2.45, 2.75) is 72.1 Å². The molecule has 0 spiro atoms. The summed E-state index contributed by atoms with van der Waals surface area (Å²) >= 11 is 0. The summed E-state index contributed by atoms with van der Waals surface area (Å²) in [5, 5.41) is 2.99. The number of hydrogen-bond donors (Lipinski definition) is 1. The van der Waals surface area contributed by atoms with Gasteiger partial charge in [0.15, 0.2) is 0 Å². The van der Waals surface area contributed by atoms with Gasteiger partial charge in [-0.25, -0.2) is 0 Å². The Kier molecular flexibility index (Phi) is 10.8. The Morgan fingerprint density at radius 3 is 2.22 bits per heavy atom. The van der Waals surface area contributed by atoms with E-state index < -0.39 is 0 Å². The minimum atomic E-state index is 0.00468. The lowest BCUT2D eigenvalue weighted by Gasteiger charge is -2.17. The Labute approximate surface area is 113 Å². The first-order chi connectivity index (χ1) is 8.61. The molecule has 1 unspecified atom stereocenters. The summed E-state index contributed by atoms with van der Waals surface area (Å²) < 4.78 is 0. The van der Waals surface area contributed by atoms with Crippen LogP contribution in [0.5, 0.6) is 0 Å². The van der Waals surface area contributed by atoms with Crippen LogP contribution in [0.1, 0.15) is 72.1 Å². The smallest absolute Gasteiger partial charge is 0.246 e. The van der Waals surface area contributed by atoms with Crippen LogP contribution in [0, 0.1) is 5.92 Å². The highest BCUT2D eigenvalue weighted by Gasteiger charge is 2.10. The Bertz CT molecular complexity index is 235. The van der Waals surface area contributed by atoms with Crippen molar-refractivity contribution in [2.24, 2.45) is 5.92 Å². The highest BCUT2D eigenvalue weighted by Crippen LogP contribution is 2.16. The Hall–Kier alpha value is -0.790. The third-order valence-corrected chi connectivity index (χ3v) is 3.37. The molecule has 0 aliphatic carbocycles. The zero-order chi connectivity index (χ0) is 13.8. The minimum absolute atomic E-state index is 0.00468. The molecule has 0 heterocycles. The standard InChI is InChI=1S/C16H31NO/c1-5-7-9-10-12-15(11-8-6-2)13-17-16(18)14(3)4/h15H,3,5-13H2,1-2,4H3,(H,17,18). The van der Waals surface area contributed by atoms with Crippen molar-refractivity contribution >= 4 is 5.91 Å². The summed E-state index contributed by atoms with van der Waals surface area (Å²) in [7, 11) is 0. The van der Waals surface area contributed by atoms with Gasteiger partial charge in [0.05, 0.1) is 0 Å². The van der Waals surface area contributed by atoms with E-state index in [0.717, 1.165) is 6.54 Å². The van der Waals surface area contributed by atoms with Gasteiger partial charge in [-0.2, -0.15) is 0 Å². The molecule has 0 aliphatic rings. The first-order valence-corrected chi connectivity index (χ1v) is 7.55. The van der Waals surface area contributed by atoms with E-state index in [1.54, 1.807) is 6.92 Å². The second-order valence-corrected chi connectivity index (χ2v) is 5.35. The molecule has 2 heteroatoms. The molecule has 18 heavy (non-hydrogen) atoms. The fraction of sp³-hybridized carbons (Fsp3) is 0.812. The molecule has 0 aromatic carbocycles. The predicted octanol–water partition coefficient (Wildman–Crippen LogP) is 4.46. The molecule has 0 rings (SSSR count). The average Bonchev–Trinajstić information content (AvgIpc) is 2.36. The maximum Gasteiger partial charge on any atom is 0.246 e. The van der Waals surface area contributed by atoms with Crippen molar-refractivity contribution < 1.29 is 4.79 Å². The first-order valence-electron chi connectivity index (χ1n) is 7.55. The lowest BCUT2D eigenvalue weighted by molar-refractivity contribution is -0.117. The van der Waals surface area contributed by atoms with E-state index in [4.69, 9.17) is 0 Å². The highest BCUT2D eigenvalue weighted by molar-refractivity contribution is 5.92. The topological polar surface area (TPSA) is 29.1 Å². The Morgan fingerprint density at radius 1 is 1.06 bits per heavy atom. The predicted molar refractivity (Wildman–Crippen MR) is 79.6 cm³/mol.